The summed E-state index contributed by atoms with van der Waals surface area (Å²) in [5, 5.41) is 4.11. The van der Waals surface area contributed by atoms with E-state index in [1.54, 1.807) is 13.4 Å². The highest BCUT2D eigenvalue weighted by Crippen LogP contribution is 2.29. The third kappa shape index (κ3) is 4.78. The highest BCUT2D eigenvalue weighted by atomic mass is 16.5. The molecule has 2 aromatic rings. The lowest BCUT2D eigenvalue weighted by Gasteiger charge is -2.41. The third-order valence-electron chi connectivity index (χ3n) is 5.85. The summed E-state index contributed by atoms with van der Waals surface area (Å²) >= 11 is 0. The smallest absolute Gasteiger partial charge is 0.231 e. The Hall–Kier alpha value is -1.70. The molecule has 7 heteroatoms. The quantitative estimate of drug-likeness (QED) is 0.738. The first kappa shape index (κ1) is 18.7. The minimum absolute atomic E-state index is 0.365. The van der Waals surface area contributed by atoms with E-state index in [0.29, 0.717) is 25.0 Å². The number of aromatic nitrogens is 2. The molecule has 2 aromatic heterocycles. The molecule has 0 N–H and O–H groups in total. The van der Waals surface area contributed by atoms with E-state index in [1.165, 1.54) is 25.8 Å². The number of piperidine rings is 2. The molecule has 2 fully saturated rings. The van der Waals surface area contributed by atoms with Gasteiger partial charge in [0.2, 0.25) is 5.89 Å². The molecular formula is C20H30N4O3. The van der Waals surface area contributed by atoms with Crippen LogP contribution in [0, 0.1) is 0 Å². The molecule has 4 heterocycles. The van der Waals surface area contributed by atoms with Crippen LogP contribution in [-0.4, -0.2) is 65.9 Å². The number of furan rings is 1. The molecule has 1 unspecified atom stereocenters. The molecule has 0 radical (unpaired) electrons. The number of methoxy groups -OCH3 is 1. The molecule has 0 amide bonds. The third-order valence-corrected chi connectivity index (χ3v) is 5.85. The Morgan fingerprint density at radius 3 is 2.89 bits per heavy atom. The fourth-order valence-electron chi connectivity index (χ4n) is 4.33. The number of rotatable bonds is 7. The largest absolute Gasteiger partial charge is 0.468 e. The van der Waals surface area contributed by atoms with Gasteiger partial charge in [-0.15, -0.1) is 0 Å². The van der Waals surface area contributed by atoms with Crippen LogP contribution in [0.5, 0.6) is 0 Å². The van der Waals surface area contributed by atoms with Crippen molar-refractivity contribution in [1.29, 1.82) is 0 Å². The van der Waals surface area contributed by atoms with Crippen LogP contribution in [0.15, 0.2) is 27.3 Å². The van der Waals surface area contributed by atoms with Gasteiger partial charge in [0.05, 0.1) is 25.3 Å². The van der Waals surface area contributed by atoms with E-state index < -0.39 is 0 Å². The van der Waals surface area contributed by atoms with Crippen molar-refractivity contribution >= 4 is 0 Å². The minimum atomic E-state index is 0.365. The molecule has 148 valence electrons. The van der Waals surface area contributed by atoms with E-state index in [4.69, 9.17) is 13.7 Å². The lowest BCUT2D eigenvalue weighted by molar-refractivity contribution is 0.0749. The van der Waals surface area contributed by atoms with Gasteiger partial charge in [-0.2, -0.15) is 4.98 Å². The second-order valence-electron chi connectivity index (χ2n) is 7.71. The van der Waals surface area contributed by atoms with Gasteiger partial charge in [0.25, 0.3) is 0 Å². The van der Waals surface area contributed by atoms with Gasteiger partial charge in [-0.1, -0.05) is 5.16 Å². The van der Waals surface area contributed by atoms with E-state index in [0.717, 1.165) is 50.1 Å². The summed E-state index contributed by atoms with van der Waals surface area (Å²) in [6.45, 7) is 6.04. The molecule has 1 atom stereocenters. The zero-order chi connectivity index (χ0) is 18.5. The Morgan fingerprint density at radius 1 is 1.22 bits per heavy atom. The predicted octanol–water partition coefficient (Wildman–Crippen LogP) is 2.70. The zero-order valence-electron chi connectivity index (χ0n) is 16.2. The van der Waals surface area contributed by atoms with Crippen molar-refractivity contribution in [2.45, 2.75) is 50.6 Å². The fraction of sp³-hybridized carbons (Fsp3) is 0.700. The van der Waals surface area contributed by atoms with E-state index >= 15 is 0 Å². The molecule has 27 heavy (non-hydrogen) atoms. The molecule has 4 rings (SSSR count). The summed E-state index contributed by atoms with van der Waals surface area (Å²) in [7, 11) is 1.69. The molecule has 0 spiro atoms. The van der Waals surface area contributed by atoms with E-state index in [1.807, 2.05) is 6.07 Å². The van der Waals surface area contributed by atoms with Gasteiger partial charge in [-0.25, -0.2) is 0 Å². The van der Waals surface area contributed by atoms with Crippen LogP contribution in [0.1, 0.15) is 49.1 Å². The standard InChI is InChI=1S/C20H30N4O3/c1-25-13-8-19-21-20(27-22-19)16-4-2-9-24(14-16)17-6-10-23(11-7-17)15-18-5-3-12-26-18/h3,5,12,16-17H,2,4,6-11,13-15H2,1H3. The Labute approximate surface area is 160 Å². The number of nitrogens with zero attached hydrogens (tertiary/aromatic N) is 4. The Balaban J connectivity index is 1.28. The van der Waals surface area contributed by atoms with Crippen LogP contribution in [0.2, 0.25) is 0 Å². The maximum absolute atomic E-state index is 5.55. The average molecular weight is 374 g/mol. The molecular weight excluding hydrogens is 344 g/mol. The maximum atomic E-state index is 5.55. The number of likely N-dealkylation sites (tertiary alicyclic amines) is 2. The first-order valence-electron chi connectivity index (χ1n) is 10.1. The van der Waals surface area contributed by atoms with E-state index in [2.05, 4.69) is 26.0 Å². The zero-order valence-corrected chi connectivity index (χ0v) is 16.2. The van der Waals surface area contributed by atoms with Gasteiger partial charge in [-0.05, 0) is 44.4 Å². The van der Waals surface area contributed by atoms with Crippen LogP contribution in [-0.2, 0) is 17.7 Å². The summed E-state index contributed by atoms with van der Waals surface area (Å²) in [6.07, 6.45) is 7.25. The van der Waals surface area contributed by atoms with Crippen molar-refractivity contribution in [1.82, 2.24) is 19.9 Å². The monoisotopic (exact) mass is 374 g/mol. The molecule has 7 nitrogen and oxygen atoms in total. The van der Waals surface area contributed by atoms with Crippen molar-refractivity contribution in [3.05, 3.63) is 35.9 Å². The molecule has 0 aromatic carbocycles. The molecule has 2 saturated heterocycles. The number of hydrogen-bond donors (Lipinski definition) is 0. The van der Waals surface area contributed by atoms with Crippen LogP contribution in [0.4, 0.5) is 0 Å². The molecule has 0 bridgehead atoms. The average Bonchev–Trinajstić information content (AvgIpc) is 3.39. The SMILES string of the molecule is COCCc1noc(C2CCCN(C3CCN(Cc4ccco4)CC3)C2)n1. The van der Waals surface area contributed by atoms with Crippen molar-refractivity contribution in [3.63, 3.8) is 0 Å². The summed E-state index contributed by atoms with van der Waals surface area (Å²) < 4.78 is 16.1. The molecule has 0 saturated carbocycles. The molecule has 2 aliphatic rings. The van der Waals surface area contributed by atoms with Crippen LogP contribution >= 0.6 is 0 Å². The first-order chi connectivity index (χ1) is 13.3. The normalized spacial score (nSPS) is 23.1. The number of ether oxygens (including phenoxy) is 1. The molecule has 0 aliphatic carbocycles. The van der Waals surface area contributed by atoms with Crippen molar-refractivity contribution in [2.75, 3.05) is 39.9 Å². The van der Waals surface area contributed by atoms with Gasteiger partial charge in [-0.3, -0.25) is 9.80 Å². The lowest BCUT2D eigenvalue weighted by atomic mass is 9.93. The second-order valence-corrected chi connectivity index (χ2v) is 7.71. The summed E-state index contributed by atoms with van der Waals surface area (Å²) in [4.78, 5) is 9.75. The lowest BCUT2D eigenvalue weighted by Crippen LogP contribution is -2.47. The summed E-state index contributed by atoms with van der Waals surface area (Å²) in [5.74, 6) is 2.99. The fourth-order valence-corrected chi connectivity index (χ4v) is 4.33. The van der Waals surface area contributed by atoms with E-state index in [9.17, 15) is 0 Å². The van der Waals surface area contributed by atoms with Crippen LogP contribution in [0.3, 0.4) is 0 Å². The second kappa shape index (κ2) is 8.99. The van der Waals surface area contributed by atoms with Gasteiger partial charge in [0.1, 0.15) is 5.76 Å². The summed E-state index contributed by atoms with van der Waals surface area (Å²) in [6, 6.07) is 4.69. The van der Waals surface area contributed by atoms with Gasteiger partial charge < -0.3 is 13.7 Å². The predicted molar refractivity (Wildman–Crippen MR) is 100 cm³/mol. The van der Waals surface area contributed by atoms with Gasteiger partial charge in [0.15, 0.2) is 5.82 Å². The maximum Gasteiger partial charge on any atom is 0.231 e. The minimum Gasteiger partial charge on any atom is -0.468 e. The Kier molecular flexibility index (Phi) is 6.21. The number of hydrogen-bond acceptors (Lipinski definition) is 7. The van der Waals surface area contributed by atoms with Crippen molar-refractivity contribution in [3.8, 4) is 0 Å². The molecule has 2 aliphatic heterocycles. The highest BCUT2D eigenvalue weighted by molar-refractivity contribution is 5.00. The van der Waals surface area contributed by atoms with E-state index in [-0.39, 0.29) is 0 Å². The topological polar surface area (TPSA) is 67.8 Å². The van der Waals surface area contributed by atoms with Gasteiger partial charge >= 0.3 is 0 Å². The first-order valence-corrected chi connectivity index (χ1v) is 10.1. The highest BCUT2D eigenvalue weighted by Gasteiger charge is 2.31. The van der Waals surface area contributed by atoms with Crippen molar-refractivity contribution < 1.29 is 13.7 Å². The van der Waals surface area contributed by atoms with Crippen LogP contribution < -0.4 is 0 Å². The van der Waals surface area contributed by atoms with Crippen molar-refractivity contribution in [2.24, 2.45) is 0 Å². The van der Waals surface area contributed by atoms with Gasteiger partial charge in [0, 0.05) is 39.2 Å². The summed E-state index contributed by atoms with van der Waals surface area (Å²) in [5.41, 5.74) is 0. The Bertz CT molecular complexity index is 679. The van der Waals surface area contributed by atoms with Crippen LogP contribution in [0.25, 0.3) is 0 Å². The Morgan fingerprint density at radius 2 is 2.11 bits per heavy atom.